The van der Waals surface area contributed by atoms with Gasteiger partial charge in [0.2, 0.25) is 11.8 Å². The van der Waals surface area contributed by atoms with Crippen molar-refractivity contribution in [2.24, 2.45) is 5.92 Å². The van der Waals surface area contributed by atoms with Crippen LogP contribution in [0.25, 0.3) is 0 Å². The highest BCUT2D eigenvalue weighted by atomic mass is 35.5. The van der Waals surface area contributed by atoms with Crippen LogP contribution in [-0.2, 0) is 16.0 Å². The summed E-state index contributed by atoms with van der Waals surface area (Å²) in [4.78, 5) is 31.4. The first kappa shape index (κ1) is 23.1. The van der Waals surface area contributed by atoms with Gasteiger partial charge in [0.25, 0.3) is 0 Å². The van der Waals surface area contributed by atoms with Crippen LogP contribution in [-0.4, -0.2) is 46.8 Å². The summed E-state index contributed by atoms with van der Waals surface area (Å²) in [6.07, 6.45) is 2.69. The molecule has 1 aliphatic heterocycles. The van der Waals surface area contributed by atoms with Crippen molar-refractivity contribution in [3.63, 3.8) is 0 Å². The standard InChI is InChI=1S/C25H31ClN2O3S/c1-16-13-18(7-8-20(16)26)31-15-21-19-10-12-32-22(19)9-11-27(21)23(29)14-28(25(2,3)4)24(30)17-5-6-17/h7-8,10,12-13,17,21H,5-6,9,11,14-15H2,1-4H3/t21-/m0/s1. The number of halogens is 1. The third-order valence-corrected chi connectivity index (χ3v) is 7.67. The van der Waals surface area contributed by atoms with Crippen molar-refractivity contribution in [2.45, 2.75) is 58.5 Å². The molecule has 32 heavy (non-hydrogen) atoms. The fourth-order valence-corrected chi connectivity index (χ4v) is 5.22. The normalized spacial score (nSPS) is 18.3. The molecular weight excluding hydrogens is 444 g/mol. The van der Waals surface area contributed by atoms with Crippen LogP contribution in [0.4, 0.5) is 0 Å². The van der Waals surface area contributed by atoms with E-state index >= 15 is 0 Å². The van der Waals surface area contributed by atoms with Crippen LogP contribution in [0.5, 0.6) is 5.75 Å². The van der Waals surface area contributed by atoms with Gasteiger partial charge in [-0.2, -0.15) is 0 Å². The van der Waals surface area contributed by atoms with Crippen molar-refractivity contribution in [1.29, 1.82) is 0 Å². The molecule has 0 spiro atoms. The van der Waals surface area contributed by atoms with Crippen molar-refractivity contribution < 1.29 is 14.3 Å². The SMILES string of the molecule is Cc1cc(OC[C@H]2c3ccsc3CCN2C(=O)CN(C(=O)C2CC2)C(C)(C)C)ccc1Cl. The average molecular weight is 475 g/mol. The first-order valence-corrected chi connectivity index (χ1v) is 12.5. The van der Waals surface area contributed by atoms with Gasteiger partial charge < -0.3 is 14.5 Å². The van der Waals surface area contributed by atoms with E-state index in [0.717, 1.165) is 36.1 Å². The van der Waals surface area contributed by atoms with Crippen molar-refractivity contribution in [1.82, 2.24) is 9.80 Å². The van der Waals surface area contributed by atoms with E-state index in [2.05, 4.69) is 11.4 Å². The molecule has 5 nitrogen and oxygen atoms in total. The van der Waals surface area contributed by atoms with E-state index in [9.17, 15) is 9.59 Å². The molecule has 4 rings (SSSR count). The predicted octanol–water partition coefficient (Wildman–Crippen LogP) is 5.25. The number of nitrogens with zero attached hydrogens (tertiary/aromatic N) is 2. The second-order valence-corrected chi connectivity index (χ2v) is 11.2. The lowest BCUT2D eigenvalue weighted by atomic mass is 9.99. The molecule has 1 saturated carbocycles. The number of thiophene rings is 1. The molecule has 0 unspecified atom stereocenters. The van der Waals surface area contributed by atoms with Crippen LogP contribution in [0.3, 0.4) is 0 Å². The van der Waals surface area contributed by atoms with Gasteiger partial charge >= 0.3 is 0 Å². The number of aryl methyl sites for hydroxylation is 1. The molecule has 0 bridgehead atoms. The number of hydrogen-bond donors (Lipinski definition) is 0. The highest BCUT2D eigenvalue weighted by molar-refractivity contribution is 7.10. The summed E-state index contributed by atoms with van der Waals surface area (Å²) in [6.45, 7) is 9.04. The fraction of sp³-hybridized carbons (Fsp3) is 0.520. The molecule has 2 amide bonds. The molecule has 2 aliphatic rings. The number of benzene rings is 1. The Kier molecular flexibility index (Phi) is 6.55. The van der Waals surface area contributed by atoms with Crippen LogP contribution < -0.4 is 4.74 Å². The van der Waals surface area contributed by atoms with E-state index in [0.29, 0.717) is 18.2 Å². The number of carbonyl (C=O) groups is 2. The van der Waals surface area contributed by atoms with E-state index in [1.54, 1.807) is 16.2 Å². The fourth-order valence-electron chi connectivity index (χ4n) is 4.18. The number of ether oxygens (including phenoxy) is 1. The number of amides is 2. The molecule has 0 N–H and O–H groups in total. The van der Waals surface area contributed by atoms with Gasteiger partial charge in [0.05, 0.1) is 6.04 Å². The molecule has 7 heteroatoms. The Bertz CT molecular complexity index is 1010. The van der Waals surface area contributed by atoms with Crippen LogP contribution >= 0.6 is 22.9 Å². The predicted molar refractivity (Wildman–Crippen MR) is 128 cm³/mol. The van der Waals surface area contributed by atoms with Gasteiger partial charge in [0.15, 0.2) is 0 Å². The van der Waals surface area contributed by atoms with E-state index in [-0.39, 0.29) is 30.3 Å². The smallest absolute Gasteiger partial charge is 0.242 e. The molecule has 1 atom stereocenters. The summed E-state index contributed by atoms with van der Waals surface area (Å²) in [7, 11) is 0. The zero-order chi connectivity index (χ0) is 23.0. The summed E-state index contributed by atoms with van der Waals surface area (Å²) < 4.78 is 6.13. The van der Waals surface area contributed by atoms with E-state index in [4.69, 9.17) is 16.3 Å². The Hall–Kier alpha value is -2.05. The van der Waals surface area contributed by atoms with E-state index < -0.39 is 5.54 Å². The first-order valence-electron chi connectivity index (χ1n) is 11.2. The minimum Gasteiger partial charge on any atom is -0.491 e. The number of rotatable bonds is 6. The topological polar surface area (TPSA) is 49.9 Å². The lowest BCUT2D eigenvalue weighted by molar-refractivity contribution is -0.147. The molecule has 1 fully saturated rings. The largest absolute Gasteiger partial charge is 0.491 e. The van der Waals surface area contributed by atoms with Gasteiger partial charge in [-0.1, -0.05) is 11.6 Å². The van der Waals surface area contributed by atoms with E-state index in [1.165, 1.54) is 4.88 Å². The summed E-state index contributed by atoms with van der Waals surface area (Å²) in [6, 6.07) is 7.52. The zero-order valence-corrected chi connectivity index (χ0v) is 20.8. The first-order chi connectivity index (χ1) is 15.1. The number of hydrogen-bond acceptors (Lipinski definition) is 4. The average Bonchev–Trinajstić information content (AvgIpc) is 3.48. The lowest BCUT2D eigenvalue weighted by Gasteiger charge is -2.40. The molecule has 1 aromatic carbocycles. The van der Waals surface area contributed by atoms with Gasteiger partial charge in [-0.25, -0.2) is 0 Å². The Morgan fingerprint density at radius 1 is 1.25 bits per heavy atom. The van der Waals surface area contributed by atoms with Crippen LogP contribution in [0.2, 0.25) is 5.02 Å². The van der Waals surface area contributed by atoms with Gasteiger partial charge in [-0.05, 0) is 87.7 Å². The Labute approximate surface area is 199 Å². The van der Waals surface area contributed by atoms with Gasteiger partial charge in [0.1, 0.15) is 18.9 Å². The van der Waals surface area contributed by atoms with Gasteiger partial charge in [-0.15, -0.1) is 11.3 Å². The summed E-state index contributed by atoms with van der Waals surface area (Å²) in [5, 5.41) is 2.78. The minimum absolute atomic E-state index is 0.0216. The summed E-state index contributed by atoms with van der Waals surface area (Å²) in [5.74, 6) is 0.899. The maximum Gasteiger partial charge on any atom is 0.242 e. The van der Waals surface area contributed by atoms with Crippen LogP contribution in [0.1, 0.15) is 55.7 Å². The molecule has 0 saturated heterocycles. The molecule has 1 aliphatic carbocycles. The quantitative estimate of drug-likeness (QED) is 0.574. The molecule has 172 valence electrons. The molecule has 0 radical (unpaired) electrons. The third kappa shape index (κ3) is 4.96. The maximum atomic E-state index is 13.5. The zero-order valence-electron chi connectivity index (χ0n) is 19.2. The second-order valence-electron chi connectivity index (χ2n) is 9.74. The molecule has 2 heterocycles. The third-order valence-electron chi connectivity index (χ3n) is 6.25. The lowest BCUT2D eigenvalue weighted by Crippen LogP contribution is -2.53. The maximum absolute atomic E-state index is 13.5. The summed E-state index contributed by atoms with van der Waals surface area (Å²) in [5.41, 5.74) is 1.71. The van der Waals surface area contributed by atoms with Gasteiger partial charge in [-0.3, -0.25) is 9.59 Å². The number of carbonyl (C=O) groups excluding carboxylic acids is 2. The van der Waals surface area contributed by atoms with Crippen molar-refractivity contribution >= 4 is 34.8 Å². The second kappa shape index (κ2) is 9.06. The number of fused-ring (bicyclic) bond motifs is 1. The molecule has 2 aromatic rings. The highest BCUT2D eigenvalue weighted by Crippen LogP contribution is 2.36. The van der Waals surface area contributed by atoms with Crippen molar-refractivity contribution in [2.75, 3.05) is 19.7 Å². The van der Waals surface area contributed by atoms with Gasteiger partial charge in [0, 0.05) is 27.9 Å². The van der Waals surface area contributed by atoms with Crippen LogP contribution in [0, 0.1) is 12.8 Å². The van der Waals surface area contributed by atoms with Crippen molar-refractivity contribution in [3.05, 3.63) is 50.7 Å². The monoisotopic (exact) mass is 474 g/mol. The van der Waals surface area contributed by atoms with E-state index in [1.807, 2.05) is 50.8 Å². The highest BCUT2D eigenvalue weighted by Gasteiger charge is 2.40. The Balaban J connectivity index is 1.53. The van der Waals surface area contributed by atoms with Crippen molar-refractivity contribution in [3.8, 4) is 5.75 Å². The Morgan fingerprint density at radius 3 is 2.66 bits per heavy atom. The molecule has 1 aromatic heterocycles. The minimum atomic E-state index is -0.397. The van der Waals surface area contributed by atoms with Crippen LogP contribution in [0.15, 0.2) is 29.6 Å². The molecular formula is C25H31ClN2O3S. The summed E-state index contributed by atoms with van der Waals surface area (Å²) >= 11 is 7.87. The Morgan fingerprint density at radius 2 is 2.00 bits per heavy atom.